The summed E-state index contributed by atoms with van der Waals surface area (Å²) in [4.78, 5) is 24.5. The number of phosphoric acid groups is 1. The highest BCUT2D eigenvalue weighted by Gasteiger charge is 2.59. The van der Waals surface area contributed by atoms with Crippen LogP contribution in [0.5, 0.6) is 0 Å². The van der Waals surface area contributed by atoms with Crippen LogP contribution in [0.2, 0.25) is 0 Å². The van der Waals surface area contributed by atoms with Gasteiger partial charge in [-0.3, -0.25) is 18.6 Å². The van der Waals surface area contributed by atoms with Crippen molar-refractivity contribution in [3.05, 3.63) is 11.3 Å². The topological polar surface area (TPSA) is 88.1 Å². The van der Waals surface area contributed by atoms with E-state index in [1.807, 2.05) is 6.26 Å². The summed E-state index contributed by atoms with van der Waals surface area (Å²) in [6, 6.07) is 0. The molecule has 1 saturated carbocycles. The maximum Gasteiger partial charge on any atom is 0.529 e. The number of carbonyl (C=O) groups is 2. The highest BCUT2D eigenvalue weighted by molar-refractivity contribution is 7.99. The van der Waals surface area contributed by atoms with Gasteiger partial charge in [-0.15, -0.1) is 0 Å². The first kappa shape index (κ1) is 19.0. The molecular weight excluding hydrogens is 367 g/mol. The van der Waals surface area contributed by atoms with E-state index in [0.717, 1.165) is 24.8 Å². The molecule has 0 radical (unpaired) electrons. The van der Waals surface area contributed by atoms with E-state index in [-0.39, 0.29) is 19.1 Å². The molecule has 2 aliphatic carbocycles. The second kappa shape index (κ2) is 7.43. The summed E-state index contributed by atoms with van der Waals surface area (Å²) in [6.07, 6.45) is 4.27. The van der Waals surface area contributed by atoms with Crippen molar-refractivity contribution in [3.63, 3.8) is 0 Å². The Hall–Kier alpha value is -0.820. The fourth-order valence-electron chi connectivity index (χ4n) is 4.07. The molecule has 3 aliphatic rings. The maximum absolute atomic E-state index is 12.9. The molecule has 25 heavy (non-hydrogen) atoms. The average Bonchev–Trinajstić information content (AvgIpc) is 3.13. The number of cyclic esters (lactones) is 2. The fraction of sp³-hybridized carbons (Fsp3) is 0.750. The monoisotopic (exact) mass is 390 g/mol. The number of fused-ring (bicyclic) bond motifs is 3. The summed E-state index contributed by atoms with van der Waals surface area (Å²) < 4.78 is 34.1. The van der Waals surface area contributed by atoms with E-state index in [9.17, 15) is 14.2 Å². The third kappa shape index (κ3) is 3.29. The molecule has 7 nitrogen and oxygen atoms in total. The minimum atomic E-state index is -3.77. The Labute approximate surface area is 151 Å². The highest BCUT2D eigenvalue weighted by Crippen LogP contribution is 2.59. The number of esters is 2. The summed E-state index contributed by atoms with van der Waals surface area (Å²) in [5.74, 6) is -1.67. The van der Waals surface area contributed by atoms with Gasteiger partial charge in [0.15, 0.2) is 0 Å². The lowest BCUT2D eigenvalue weighted by atomic mass is 9.73. The van der Waals surface area contributed by atoms with Gasteiger partial charge < -0.3 is 9.26 Å². The van der Waals surface area contributed by atoms with E-state index < -0.39 is 36.8 Å². The molecule has 4 atom stereocenters. The quantitative estimate of drug-likeness (QED) is 0.372. The van der Waals surface area contributed by atoms with Gasteiger partial charge in [0.05, 0.1) is 30.3 Å². The van der Waals surface area contributed by atoms with Crippen molar-refractivity contribution in [1.29, 1.82) is 0 Å². The van der Waals surface area contributed by atoms with E-state index in [0.29, 0.717) is 5.76 Å². The Morgan fingerprint density at radius 2 is 1.80 bits per heavy atom. The van der Waals surface area contributed by atoms with Gasteiger partial charge in [-0.25, -0.2) is 4.57 Å². The third-order valence-electron chi connectivity index (χ3n) is 4.91. The molecule has 0 bridgehead atoms. The number of hydrogen-bond donors (Lipinski definition) is 0. The number of thioether (sulfide) groups is 1. The Morgan fingerprint density at radius 3 is 2.40 bits per heavy atom. The average molecular weight is 390 g/mol. The van der Waals surface area contributed by atoms with Crippen LogP contribution in [0.3, 0.4) is 0 Å². The van der Waals surface area contributed by atoms with Crippen molar-refractivity contribution in [2.45, 2.75) is 38.4 Å². The molecule has 0 N–H and O–H groups in total. The lowest BCUT2D eigenvalue weighted by Crippen LogP contribution is -2.39. The van der Waals surface area contributed by atoms with Gasteiger partial charge in [0.2, 0.25) is 0 Å². The summed E-state index contributed by atoms with van der Waals surface area (Å²) in [5, 5.41) is -0.428. The first-order valence-corrected chi connectivity index (χ1v) is 11.3. The zero-order valence-corrected chi connectivity index (χ0v) is 16.3. The molecule has 9 heteroatoms. The van der Waals surface area contributed by atoms with Crippen LogP contribution in [0.4, 0.5) is 0 Å². The molecule has 0 aromatic heterocycles. The van der Waals surface area contributed by atoms with Crippen LogP contribution in [0, 0.1) is 17.8 Å². The van der Waals surface area contributed by atoms with Gasteiger partial charge in [-0.05, 0) is 50.9 Å². The molecule has 1 heterocycles. The number of phosphoric ester groups is 1. The summed E-state index contributed by atoms with van der Waals surface area (Å²) >= 11 is 1.39. The van der Waals surface area contributed by atoms with Gasteiger partial charge in [-0.2, -0.15) is 11.8 Å². The van der Waals surface area contributed by atoms with Crippen molar-refractivity contribution in [2.24, 2.45) is 17.8 Å². The van der Waals surface area contributed by atoms with E-state index >= 15 is 0 Å². The van der Waals surface area contributed by atoms with Gasteiger partial charge in [0.1, 0.15) is 5.76 Å². The summed E-state index contributed by atoms with van der Waals surface area (Å²) in [7, 11) is -3.77. The van der Waals surface area contributed by atoms with Crippen molar-refractivity contribution in [3.8, 4) is 0 Å². The first-order valence-electron chi connectivity index (χ1n) is 8.55. The number of ether oxygens (including phenoxy) is 1. The fourth-order valence-corrected chi connectivity index (χ4v) is 6.41. The molecule has 1 aliphatic heterocycles. The van der Waals surface area contributed by atoms with Crippen LogP contribution >= 0.6 is 19.6 Å². The standard InChI is InChI=1S/C16H23O7PS/c1-4-20-24(19,21-5-2)23-13-10-8-6-7-9(10)11-12(14(13)25-3)16(18)22-15(11)17/h9,11-12,14H,4-8H2,1-3H3/t9-,11-,12-,14-/m0/s1. The minimum absolute atomic E-state index is 0.0981. The van der Waals surface area contributed by atoms with Crippen molar-refractivity contribution >= 4 is 31.5 Å². The number of rotatable bonds is 7. The molecule has 0 aromatic carbocycles. The van der Waals surface area contributed by atoms with Gasteiger partial charge >= 0.3 is 19.8 Å². The van der Waals surface area contributed by atoms with Crippen molar-refractivity contribution < 1.29 is 32.5 Å². The van der Waals surface area contributed by atoms with Crippen LogP contribution in [0.1, 0.15) is 33.1 Å². The first-order chi connectivity index (χ1) is 12.0. The maximum atomic E-state index is 12.9. The molecule has 0 aromatic rings. The van der Waals surface area contributed by atoms with Gasteiger partial charge in [0.25, 0.3) is 0 Å². The Bertz CT molecular complexity index is 636. The lowest BCUT2D eigenvalue weighted by Gasteiger charge is -2.36. The Balaban J connectivity index is 2.02. The number of hydrogen-bond acceptors (Lipinski definition) is 8. The molecule has 0 amide bonds. The largest absolute Gasteiger partial charge is 0.529 e. The smallest absolute Gasteiger partial charge is 0.407 e. The number of allylic oxidation sites excluding steroid dienone is 1. The number of carbonyl (C=O) groups excluding carboxylic acids is 2. The van der Waals surface area contributed by atoms with E-state index in [2.05, 4.69) is 0 Å². The molecular formula is C16H23O7PS. The van der Waals surface area contributed by atoms with E-state index in [1.54, 1.807) is 13.8 Å². The summed E-state index contributed by atoms with van der Waals surface area (Å²) in [5.41, 5.74) is 0.951. The second-order valence-corrected chi connectivity index (χ2v) is 8.78. The predicted octanol–water partition coefficient (Wildman–Crippen LogP) is 3.30. The second-order valence-electron chi connectivity index (χ2n) is 6.21. The van der Waals surface area contributed by atoms with Crippen LogP contribution in [0.15, 0.2) is 11.3 Å². The SMILES string of the molecule is CCOP(=O)(OCC)OC1=C2CCC[C@@H]2[C@@H]2C(=O)OC(=O)[C@@H]2[C@@H]1SC. The third-order valence-corrected chi connectivity index (χ3v) is 7.50. The van der Waals surface area contributed by atoms with Crippen LogP contribution < -0.4 is 0 Å². The molecule has 140 valence electrons. The zero-order chi connectivity index (χ0) is 18.2. The summed E-state index contributed by atoms with van der Waals surface area (Å²) in [6.45, 7) is 3.78. The molecule has 1 saturated heterocycles. The molecule has 3 rings (SSSR count). The predicted molar refractivity (Wildman–Crippen MR) is 91.7 cm³/mol. The van der Waals surface area contributed by atoms with Crippen LogP contribution in [-0.4, -0.2) is 36.7 Å². The molecule has 0 unspecified atom stereocenters. The minimum Gasteiger partial charge on any atom is -0.407 e. The van der Waals surface area contributed by atoms with Crippen LogP contribution in [-0.2, 0) is 32.5 Å². The van der Waals surface area contributed by atoms with E-state index in [1.165, 1.54) is 11.8 Å². The van der Waals surface area contributed by atoms with Gasteiger partial charge in [0, 0.05) is 0 Å². The normalized spacial score (nSPS) is 31.8. The van der Waals surface area contributed by atoms with Crippen LogP contribution in [0.25, 0.3) is 0 Å². The van der Waals surface area contributed by atoms with Crippen molar-refractivity contribution in [1.82, 2.24) is 0 Å². The zero-order valence-electron chi connectivity index (χ0n) is 14.6. The Kier molecular flexibility index (Phi) is 5.63. The molecule has 2 fully saturated rings. The van der Waals surface area contributed by atoms with Crippen molar-refractivity contribution in [2.75, 3.05) is 19.5 Å². The Morgan fingerprint density at radius 1 is 1.16 bits per heavy atom. The van der Waals surface area contributed by atoms with Gasteiger partial charge in [-0.1, -0.05) is 0 Å². The molecule has 0 spiro atoms. The van der Waals surface area contributed by atoms with E-state index in [4.69, 9.17) is 18.3 Å². The highest BCUT2D eigenvalue weighted by atomic mass is 32.2. The lowest BCUT2D eigenvalue weighted by molar-refractivity contribution is -0.154.